The van der Waals surface area contributed by atoms with Gasteiger partial charge in [0.25, 0.3) is 0 Å². The molecule has 0 bridgehead atoms. The van der Waals surface area contributed by atoms with Gasteiger partial charge in [0, 0.05) is 24.3 Å². The topological polar surface area (TPSA) is 29.3 Å². The van der Waals surface area contributed by atoms with Crippen LogP contribution in [0.5, 0.6) is 0 Å². The van der Waals surface area contributed by atoms with Crippen LogP contribution in [0.25, 0.3) is 0 Å². The van der Waals surface area contributed by atoms with Crippen LogP contribution in [0.3, 0.4) is 0 Å². The number of hydrogen-bond donors (Lipinski definition) is 1. The summed E-state index contributed by atoms with van der Waals surface area (Å²) in [7, 11) is 0. The molecule has 1 aromatic carbocycles. The first-order valence-corrected chi connectivity index (χ1v) is 6.84. The zero-order chi connectivity index (χ0) is 11.8. The first-order valence-electron chi connectivity index (χ1n) is 6.84. The predicted molar refractivity (Wildman–Crippen MR) is 72.3 cm³/mol. The van der Waals surface area contributed by atoms with E-state index in [9.17, 15) is 0 Å². The van der Waals surface area contributed by atoms with E-state index in [0.29, 0.717) is 12.1 Å². The van der Waals surface area contributed by atoms with Gasteiger partial charge < -0.3 is 10.6 Å². The van der Waals surface area contributed by atoms with Crippen molar-refractivity contribution in [2.45, 2.75) is 44.7 Å². The summed E-state index contributed by atoms with van der Waals surface area (Å²) in [6.45, 7) is 3.33. The molecular formula is C15H22N2. The Morgan fingerprint density at radius 2 is 2.12 bits per heavy atom. The molecule has 0 saturated heterocycles. The smallest absolute Gasteiger partial charge is 0.0402 e. The van der Waals surface area contributed by atoms with Crippen molar-refractivity contribution in [2.24, 2.45) is 11.7 Å². The second-order valence-electron chi connectivity index (χ2n) is 5.77. The van der Waals surface area contributed by atoms with Gasteiger partial charge in [0.1, 0.15) is 0 Å². The predicted octanol–water partition coefficient (Wildman–Crippen LogP) is 2.57. The quantitative estimate of drug-likeness (QED) is 0.861. The Bertz CT molecular complexity index is 398. The Morgan fingerprint density at radius 3 is 2.88 bits per heavy atom. The number of benzene rings is 1. The van der Waals surface area contributed by atoms with Crippen LogP contribution in [-0.4, -0.2) is 18.6 Å². The van der Waals surface area contributed by atoms with E-state index in [4.69, 9.17) is 5.73 Å². The van der Waals surface area contributed by atoms with Crippen LogP contribution >= 0.6 is 0 Å². The number of para-hydroxylation sites is 1. The summed E-state index contributed by atoms with van der Waals surface area (Å²) < 4.78 is 0. The molecule has 1 heterocycles. The molecule has 1 aromatic rings. The summed E-state index contributed by atoms with van der Waals surface area (Å²) in [6, 6.07) is 9.71. The maximum atomic E-state index is 6.27. The third-order valence-electron chi connectivity index (χ3n) is 4.11. The summed E-state index contributed by atoms with van der Waals surface area (Å²) in [5.74, 6) is 0.929. The van der Waals surface area contributed by atoms with Gasteiger partial charge in [-0.3, -0.25) is 0 Å². The van der Waals surface area contributed by atoms with Crippen molar-refractivity contribution in [1.29, 1.82) is 0 Å². The SMILES string of the molecule is CC1Cc2ccccc2N1CC(N)CC1CC1. The fourth-order valence-electron chi connectivity index (χ4n) is 3.02. The summed E-state index contributed by atoms with van der Waals surface area (Å²) in [4.78, 5) is 2.50. The van der Waals surface area contributed by atoms with Crippen molar-refractivity contribution in [1.82, 2.24) is 0 Å². The van der Waals surface area contributed by atoms with Gasteiger partial charge in [0.15, 0.2) is 0 Å². The van der Waals surface area contributed by atoms with Crippen LogP contribution in [0.2, 0.25) is 0 Å². The lowest BCUT2D eigenvalue weighted by Gasteiger charge is -2.28. The average Bonchev–Trinajstić information content (AvgIpc) is 3.05. The Hall–Kier alpha value is -1.02. The Labute approximate surface area is 104 Å². The van der Waals surface area contributed by atoms with E-state index in [2.05, 4.69) is 36.1 Å². The summed E-state index contributed by atoms with van der Waals surface area (Å²) in [5, 5.41) is 0. The van der Waals surface area contributed by atoms with Gasteiger partial charge in [-0.15, -0.1) is 0 Å². The molecule has 1 fully saturated rings. The maximum Gasteiger partial charge on any atom is 0.0402 e. The van der Waals surface area contributed by atoms with Crippen molar-refractivity contribution in [2.75, 3.05) is 11.4 Å². The fraction of sp³-hybridized carbons (Fsp3) is 0.600. The van der Waals surface area contributed by atoms with Crippen molar-refractivity contribution < 1.29 is 0 Å². The molecule has 2 unspecified atom stereocenters. The largest absolute Gasteiger partial charge is 0.367 e. The minimum absolute atomic E-state index is 0.344. The standard InChI is InChI=1S/C15H22N2/c1-11-8-13-4-2-3-5-15(13)17(11)10-14(16)9-12-6-7-12/h2-5,11-12,14H,6-10,16H2,1H3. The molecule has 0 amide bonds. The molecule has 1 saturated carbocycles. The molecule has 1 aliphatic carbocycles. The van der Waals surface area contributed by atoms with Crippen LogP contribution in [0.15, 0.2) is 24.3 Å². The monoisotopic (exact) mass is 230 g/mol. The zero-order valence-corrected chi connectivity index (χ0v) is 10.6. The van der Waals surface area contributed by atoms with Gasteiger partial charge in [-0.25, -0.2) is 0 Å². The molecule has 2 atom stereocenters. The summed E-state index contributed by atoms with van der Waals surface area (Å²) in [5.41, 5.74) is 9.17. The number of anilines is 1. The van der Waals surface area contributed by atoms with E-state index in [1.807, 2.05) is 0 Å². The van der Waals surface area contributed by atoms with Gasteiger partial charge in [-0.2, -0.15) is 0 Å². The molecule has 0 radical (unpaired) electrons. The van der Waals surface area contributed by atoms with Crippen LogP contribution in [0.1, 0.15) is 31.7 Å². The summed E-state index contributed by atoms with van der Waals surface area (Å²) >= 11 is 0. The van der Waals surface area contributed by atoms with Crippen LogP contribution in [-0.2, 0) is 6.42 Å². The molecule has 2 heteroatoms. The lowest BCUT2D eigenvalue weighted by molar-refractivity contribution is 0.533. The van der Waals surface area contributed by atoms with Gasteiger partial charge in [-0.1, -0.05) is 31.0 Å². The normalized spacial score (nSPS) is 24.8. The van der Waals surface area contributed by atoms with Crippen LogP contribution < -0.4 is 10.6 Å². The third kappa shape index (κ3) is 2.32. The Kier molecular flexibility index (Phi) is 2.83. The molecule has 92 valence electrons. The number of fused-ring (bicyclic) bond motifs is 1. The fourth-order valence-corrected chi connectivity index (χ4v) is 3.02. The molecule has 1 aliphatic heterocycles. The van der Waals surface area contributed by atoms with E-state index in [1.165, 1.54) is 36.9 Å². The highest BCUT2D eigenvalue weighted by Crippen LogP contribution is 2.35. The second-order valence-corrected chi connectivity index (χ2v) is 5.77. The lowest BCUT2D eigenvalue weighted by Crippen LogP contribution is -2.40. The van der Waals surface area contributed by atoms with Gasteiger partial charge in [-0.05, 0) is 37.3 Å². The maximum absolute atomic E-state index is 6.27. The van der Waals surface area contributed by atoms with E-state index in [0.717, 1.165) is 12.5 Å². The number of nitrogens with zero attached hydrogens (tertiary/aromatic N) is 1. The highest BCUT2D eigenvalue weighted by molar-refractivity contribution is 5.59. The van der Waals surface area contributed by atoms with Gasteiger partial charge >= 0.3 is 0 Å². The Morgan fingerprint density at radius 1 is 1.35 bits per heavy atom. The molecule has 0 spiro atoms. The first kappa shape index (κ1) is 11.1. The highest BCUT2D eigenvalue weighted by Gasteiger charge is 2.29. The van der Waals surface area contributed by atoms with E-state index in [-0.39, 0.29) is 0 Å². The van der Waals surface area contributed by atoms with Crippen LogP contribution in [0.4, 0.5) is 5.69 Å². The van der Waals surface area contributed by atoms with Gasteiger partial charge in [0.2, 0.25) is 0 Å². The second kappa shape index (κ2) is 4.34. The molecule has 3 rings (SSSR count). The van der Waals surface area contributed by atoms with Crippen molar-refractivity contribution in [3.63, 3.8) is 0 Å². The highest BCUT2D eigenvalue weighted by atomic mass is 15.2. The number of hydrogen-bond acceptors (Lipinski definition) is 2. The molecule has 2 nitrogen and oxygen atoms in total. The van der Waals surface area contributed by atoms with E-state index < -0.39 is 0 Å². The zero-order valence-electron chi connectivity index (χ0n) is 10.6. The molecule has 2 N–H and O–H groups in total. The minimum atomic E-state index is 0.344. The Balaban J connectivity index is 1.69. The van der Waals surface area contributed by atoms with Crippen molar-refractivity contribution >= 4 is 5.69 Å². The minimum Gasteiger partial charge on any atom is -0.367 e. The van der Waals surface area contributed by atoms with E-state index in [1.54, 1.807) is 0 Å². The van der Waals surface area contributed by atoms with Crippen LogP contribution in [0, 0.1) is 5.92 Å². The number of nitrogens with two attached hydrogens (primary N) is 1. The lowest BCUT2D eigenvalue weighted by atomic mass is 10.1. The average molecular weight is 230 g/mol. The first-order chi connectivity index (χ1) is 8.24. The van der Waals surface area contributed by atoms with Crippen molar-refractivity contribution in [3.05, 3.63) is 29.8 Å². The summed E-state index contributed by atoms with van der Waals surface area (Å²) in [6.07, 6.45) is 5.19. The van der Waals surface area contributed by atoms with Crippen molar-refractivity contribution in [3.8, 4) is 0 Å². The molecular weight excluding hydrogens is 208 g/mol. The molecule has 0 aromatic heterocycles. The number of rotatable bonds is 4. The third-order valence-corrected chi connectivity index (χ3v) is 4.11. The van der Waals surface area contributed by atoms with E-state index >= 15 is 0 Å². The molecule has 2 aliphatic rings. The molecule has 17 heavy (non-hydrogen) atoms. The van der Waals surface area contributed by atoms with Gasteiger partial charge in [0.05, 0.1) is 0 Å².